The van der Waals surface area contributed by atoms with E-state index in [1.165, 1.54) is 6.42 Å². The number of hydrogen-bond donors (Lipinski definition) is 2. The van der Waals surface area contributed by atoms with Crippen molar-refractivity contribution in [2.24, 2.45) is 0 Å². The highest BCUT2D eigenvalue weighted by Gasteiger charge is 2.38. The molecule has 0 aliphatic carbocycles. The molecule has 1 aromatic carbocycles. The number of benzene rings is 1. The van der Waals surface area contributed by atoms with Crippen molar-refractivity contribution in [3.63, 3.8) is 0 Å². The van der Waals surface area contributed by atoms with Gasteiger partial charge < -0.3 is 15.2 Å². The van der Waals surface area contributed by atoms with Crippen LogP contribution in [-0.2, 0) is 4.79 Å². The van der Waals surface area contributed by atoms with E-state index in [4.69, 9.17) is 14.6 Å². The van der Waals surface area contributed by atoms with Crippen molar-refractivity contribution in [3.8, 4) is 17.0 Å². The first-order valence-electron chi connectivity index (χ1n) is 7.89. The molecule has 0 saturated carbocycles. The van der Waals surface area contributed by atoms with Crippen LogP contribution in [-0.4, -0.2) is 52.4 Å². The number of nitrogens with one attached hydrogen (secondary N) is 1. The number of aromatic nitrogens is 3. The smallest absolute Gasteiger partial charge is 0.490 e. The summed E-state index contributed by atoms with van der Waals surface area (Å²) in [5.74, 6) is -1.93. The van der Waals surface area contributed by atoms with Crippen LogP contribution >= 0.6 is 0 Å². The van der Waals surface area contributed by atoms with Gasteiger partial charge in [0, 0.05) is 12.1 Å². The third-order valence-corrected chi connectivity index (χ3v) is 3.78. The SMILES string of the molecule is COc1ccccc1-c1cn(C2CCCNC2)nn1.O=C(O)C(F)(F)F. The molecule has 2 N–H and O–H groups in total. The number of ether oxygens (including phenoxy) is 1. The van der Waals surface area contributed by atoms with Gasteiger partial charge in [-0.05, 0) is 31.5 Å². The first-order chi connectivity index (χ1) is 12.3. The lowest BCUT2D eigenvalue weighted by Gasteiger charge is -2.22. The van der Waals surface area contributed by atoms with Crippen LogP contribution in [0.3, 0.4) is 0 Å². The van der Waals surface area contributed by atoms with E-state index in [0.29, 0.717) is 6.04 Å². The molecule has 1 fully saturated rings. The lowest BCUT2D eigenvalue weighted by molar-refractivity contribution is -0.192. The Bertz CT molecular complexity index is 728. The predicted octanol–water partition coefficient (Wildman–Crippen LogP) is 2.51. The lowest BCUT2D eigenvalue weighted by atomic mass is 10.1. The van der Waals surface area contributed by atoms with Gasteiger partial charge in [0.1, 0.15) is 11.4 Å². The minimum absolute atomic E-state index is 0.407. The van der Waals surface area contributed by atoms with Gasteiger partial charge in [0.05, 0.1) is 19.3 Å². The summed E-state index contributed by atoms with van der Waals surface area (Å²) in [6.45, 7) is 2.07. The summed E-state index contributed by atoms with van der Waals surface area (Å²) >= 11 is 0. The van der Waals surface area contributed by atoms with Crippen molar-refractivity contribution in [3.05, 3.63) is 30.5 Å². The zero-order chi connectivity index (χ0) is 19.2. The predicted molar refractivity (Wildman–Crippen MR) is 86.8 cm³/mol. The maximum Gasteiger partial charge on any atom is 0.490 e. The maximum atomic E-state index is 10.6. The van der Waals surface area contributed by atoms with E-state index in [1.807, 2.05) is 35.1 Å². The van der Waals surface area contributed by atoms with Crippen LogP contribution in [0.15, 0.2) is 30.5 Å². The van der Waals surface area contributed by atoms with E-state index in [2.05, 4.69) is 15.6 Å². The van der Waals surface area contributed by atoms with Crippen molar-refractivity contribution < 1.29 is 27.8 Å². The van der Waals surface area contributed by atoms with Crippen molar-refractivity contribution in [2.45, 2.75) is 25.1 Å². The van der Waals surface area contributed by atoms with E-state index in [9.17, 15) is 13.2 Å². The first kappa shape index (κ1) is 19.7. The summed E-state index contributed by atoms with van der Waals surface area (Å²) in [7, 11) is 1.67. The Labute approximate surface area is 147 Å². The average molecular weight is 372 g/mol. The fourth-order valence-corrected chi connectivity index (χ4v) is 2.49. The highest BCUT2D eigenvalue weighted by molar-refractivity contribution is 5.73. The van der Waals surface area contributed by atoms with Crippen LogP contribution < -0.4 is 10.1 Å². The molecule has 0 amide bonds. The molecule has 2 aromatic rings. The number of halogens is 3. The minimum atomic E-state index is -5.08. The van der Waals surface area contributed by atoms with Crippen LogP contribution in [0.4, 0.5) is 13.2 Å². The van der Waals surface area contributed by atoms with Crippen molar-refractivity contribution in [2.75, 3.05) is 20.2 Å². The quantitative estimate of drug-likeness (QED) is 0.861. The number of methoxy groups -OCH3 is 1. The van der Waals surface area contributed by atoms with Gasteiger partial charge in [0.25, 0.3) is 0 Å². The van der Waals surface area contributed by atoms with E-state index in [1.54, 1.807) is 7.11 Å². The Kier molecular flexibility index (Phi) is 6.56. The molecule has 1 atom stereocenters. The number of piperidine rings is 1. The average Bonchev–Trinajstić information content (AvgIpc) is 3.12. The topological polar surface area (TPSA) is 89.3 Å². The summed E-state index contributed by atoms with van der Waals surface area (Å²) < 4.78 is 39.1. The number of carboxylic acids is 1. The molecule has 0 radical (unpaired) electrons. The van der Waals surface area contributed by atoms with Gasteiger partial charge in [-0.25, -0.2) is 9.48 Å². The normalized spacial score (nSPS) is 17.2. The summed E-state index contributed by atoms with van der Waals surface area (Å²) in [6, 6.07) is 8.30. The fraction of sp³-hybridized carbons (Fsp3) is 0.438. The fourth-order valence-electron chi connectivity index (χ4n) is 2.49. The Hall–Kier alpha value is -2.62. The van der Waals surface area contributed by atoms with Crippen LogP contribution in [0.25, 0.3) is 11.3 Å². The summed E-state index contributed by atoms with van der Waals surface area (Å²) in [5, 5.41) is 19.1. The third kappa shape index (κ3) is 5.19. The number of carbonyl (C=O) groups is 1. The second-order valence-corrected chi connectivity index (χ2v) is 5.59. The van der Waals surface area contributed by atoms with Gasteiger partial charge in [-0.15, -0.1) is 5.10 Å². The third-order valence-electron chi connectivity index (χ3n) is 3.78. The summed E-state index contributed by atoms with van der Waals surface area (Å²) in [4.78, 5) is 8.90. The highest BCUT2D eigenvalue weighted by atomic mass is 19.4. The number of rotatable bonds is 3. The molecule has 1 aromatic heterocycles. The van der Waals surface area contributed by atoms with Gasteiger partial charge in [0.15, 0.2) is 0 Å². The molecule has 0 spiro atoms. The van der Waals surface area contributed by atoms with E-state index in [-0.39, 0.29) is 0 Å². The van der Waals surface area contributed by atoms with E-state index in [0.717, 1.165) is 36.5 Å². The van der Waals surface area contributed by atoms with E-state index >= 15 is 0 Å². The minimum Gasteiger partial charge on any atom is -0.496 e. The Morgan fingerprint density at radius 2 is 2.08 bits per heavy atom. The zero-order valence-electron chi connectivity index (χ0n) is 14.0. The van der Waals surface area contributed by atoms with E-state index < -0.39 is 12.1 Å². The lowest BCUT2D eigenvalue weighted by Crippen LogP contribution is -2.31. The Balaban J connectivity index is 0.000000298. The molecule has 3 rings (SSSR count). The maximum absolute atomic E-state index is 10.6. The highest BCUT2D eigenvalue weighted by Crippen LogP contribution is 2.28. The number of hydrogen-bond acceptors (Lipinski definition) is 5. The van der Waals surface area contributed by atoms with Crippen LogP contribution in [0.2, 0.25) is 0 Å². The Morgan fingerprint density at radius 1 is 1.38 bits per heavy atom. The molecule has 26 heavy (non-hydrogen) atoms. The van der Waals surface area contributed by atoms with Gasteiger partial charge in [0.2, 0.25) is 0 Å². The molecule has 2 heterocycles. The number of para-hydroxylation sites is 1. The second kappa shape index (κ2) is 8.65. The molecule has 1 aliphatic heterocycles. The number of aliphatic carboxylic acids is 1. The van der Waals surface area contributed by atoms with Crippen LogP contribution in [0.5, 0.6) is 5.75 Å². The standard InChI is InChI=1S/C14H18N4O.C2HF3O2/c1-19-14-7-3-2-6-12(14)13-10-18(17-16-13)11-5-4-8-15-9-11;3-2(4,5)1(6)7/h2-3,6-7,10-11,15H,4-5,8-9H2,1H3;(H,6,7). The van der Waals surface area contributed by atoms with Gasteiger partial charge in [-0.1, -0.05) is 17.3 Å². The molecule has 0 bridgehead atoms. The summed E-state index contributed by atoms with van der Waals surface area (Å²) in [5.41, 5.74) is 1.85. The molecule has 1 saturated heterocycles. The molecule has 1 aliphatic rings. The van der Waals surface area contributed by atoms with Crippen molar-refractivity contribution >= 4 is 5.97 Å². The molecule has 10 heteroatoms. The van der Waals surface area contributed by atoms with Gasteiger partial charge in [-0.2, -0.15) is 13.2 Å². The molecular weight excluding hydrogens is 353 g/mol. The second-order valence-electron chi connectivity index (χ2n) is 5.59. The molecule has 142 valence electrons. The van der Waals surface area contributed by atoms with Crippen LogP contribution in [0.1, 0.15) is 18.9 Å². The van der Waals surface area contributed by atoms with Gasteiger partial charge in [-0.3, -0.25) is 0 Å². The Morgan fingerprint density at radius 3 is 2.65 bits per heavy atom. The van der Waals surface area contributed by atoms with Crippen molar-refractivity contribution in [1.82, 2.24) is 20.3 Å². The molecule has 1 unspecified atom stereocenters. The summed E-state index contributed by atoms with van der Waals surface area (Å²) in [6.07, 6.45) is -0.730. The van der Waals surface area contributed by atoms with Crippen LogP contribution in [0, 0.1) is 0 Å². The largest absolute Gasteiger partial charge is 0.496 e. The molecule has 7 nitrogen and oxygen atoms in total. The molecular formula is C16H19F3N4O3. The van der Waals surface area contributed by atoms with Crippen molar-refractivity contribution in [1.29, 1.82) is 0 Å². The number of nitrogens with zero attached hydrogens (tertiary/aromatic N) is 3. The first-order valence-corrected chi connectivity index (χ1v) is 7.89. The number of alkyl halides is 3. The van der Waals surface area contributed by atoms with Gasteiger partial charge >= 0.3 is 12.1 Å². The number of carboxylic acid groups (broad SMARTS) is 1. The zero-order valence-corrected chi connectivity index (χ0v) is 14.0. The monoisotopic (exact) mass is 372 g/mol.